The van der Waals surface area contributed by atoms with Crippen LogP contribution in [0.4, 0.5) is 0 Å². The first-order valence-electron chi connectivity index (χ1n) is 10.0. The van der Waals surface area contributed by atoms with Gasteiger partial charge in [-0.3, -0.25) is 14.5 Å². The summed E-state index contributed by atoms with van der Waals surface area (Å²) in [7, 11) is 0. The van der Waals surface area contributed by atoms with Crippen LogP contribution in [0.15, 0.2) is 60.7 Å². The Kier molecular flexibility index (Phi) is 7.02. The first-order valence-corrected chi connectivity index (χ1v) is 10.5. The fourth-order valence-corrected chi connectivity index (χ4v) is 4.02. The molecule has 3 rings (SSSR count). The molecule has 31 heavy (non-hydrogen) atoms. The van der Waals surface area contributed by atoms with E-state index in [0.717, 1.165) is 4.90 Å². The molecule has 0 aromatic heterocycles. The average Bonchev–Trinajstić information content (AvgIpc) is 3.04. The molecule has 1 aliphatic heterocycles. The molecular formula is C23H24N2O5S. The maximum atomic E-state index is 13.9. The van der Waals surface area contributed by atoms with Crippen LogP contribution >= 0.6 is 12.2 Å². The lowest BCUT2D eigenvalue weighted by atomic mass is 9.82. The minimum absolute atomic E-state index is 0.0417. The molecule has 8 heteroatoms. The highest BCUT2D eigenvalue weighted by molar-refractivity contribution is 7.80. The fraction of sp³-hybridized carbons (Fsp3) is 0.304. The Bertz CT molecular complexity index is 925. The van der Waals surface area contributed by atoms with E-state index in [1.165, 1.54) is 0 Å². The predicted molar refractivity (Wildman–Crippen MR) is 118 cm³/mol. The molecule has 2 aromatic carbocycles. The highest BCUT2D eigenvalue weighted by atomic mass is 32.1. The van der Waals surface area contributed by atoms with Crippen LogP contribution < -0.4 is 5.32 Å². The Morgan fingerprint density at radius 1 is 0.968 bits per heavy atom. The second-order valence-electron chi connectivity index (χ2n) is 6.86. The summed E-state index contributed by atoms with van der Waals surface area (Å²) in [5.41, 5.74) is -0.0106. The number of benzene rings is 2. The van der Waals surface area contributed by atoms with Crippen molar-refractivity contribution in [2.45, 2.75) is 31.8 Å². The highest BCUT2D eigenvalue weighted by Crippen LogP contribution is 2.37. The molecule has 2 aromatic rings. The van der Waals surface area contributed by atoms with Crippen LogP contribution in [0.5, 0.6) is 0 Å². The lowest BCUT2D eigenvalue weighted by Crippen LogP contribution is -2.49. The monoisotopic (exact) mass is 440 g/mol. The third-order valence-electron chi connectivity index (χ3n) is 5.00. The third kappa shape index (κ3) is 4.29. The van der Waals surface area contributed by atoms with E-state index in [0.29, 0.717) is 11.1 Å². The summed E-state index contributed by atoms with van der Waals surface area (Å²) < 4.78 is 10.1. The Morgan fingerprint density at radius 2 is 1.48 bits per heavy atom. The topological polar surface area (TPSA) is 84.9 Å². The largest absolute Gasteiger partial charge is 0.466 e. The van der Waals surface area contributed by atoms with Crippen LogP contribution in [0.2, 0.25) is 0 Å². The molecule has 0 radical (unpaired) electrons. The van der Waals surface area contributed by atoms with Crippen molar-refractivity contribution in [1.82, 2.24) is 10.2 Å². The second-order valence-corrected chi connectivity index (χ2v) is 7.25. The van der Waals surface area contributed by atoms with Gasteiger partial charge in [0.1, 0.15) is 6.04 Å². The van der Waals surface area contributed by atoms with Crippen LogP contribution in [0.3, 0.4) is 0 Å². The molecule has 1 fully saturated rings. The van der Waals surface area contributed by atoms with Gasteiger partial charge >= 0.3 is 11.9 Å². The Balaban J connectivity index is 2.10. The molecule has 1 unspecified atom stereocenters. The third-order valence-corrected chi connectivity index (χ3v) is 5.30. The summed E-state index contributed by atoms with van der Waals surface area (Å²) in [4.78, 5) is 40.0. The van der Waals surface area contributed by atoms with E-state index < -0.39 is 29.4 Å². The van der Waals surface area contributed by atoms with E-state index in [-0.39, 0.29) is 24.7 Å². The van der Waals surface area contributed by atoms with E-state index >= 15 is 0 Å². The van der Waals surface area contributed by atoms with Gasteiger partial charge in [0.25, 0.3) is 5.91 Å². The number of hydrogen-bond acceptors (Lipinski definition) is 6. The molecule has 0 bridgehead atoms. The Morgan fingerprint density at radius 3 is 1.97 bits per heavy atom. The molecule has 7 nitrogen and oxygen atoms in total. The maximum Gasteiger partial charge on any atom is 0.329 e. The van der Waals surface area contributed by atoms with Crippen LogP contribution in [-0.4, -0.2) is 47.1 Å². The molecule has 1 saturated heterocycles. The summed E-state index contributed by atoms with van der Waals surface area (Å²) in [6.07, 6.45) is -0.361. The van der Waals surface area contributed by atoms with Gasteiger partial charge in [-0.25, -0.2) is 4.79 Å². The lowest BCUT2D eigenvalue weighted by molar-refractivity contribution is -0.157. The zero-order chi connectivity index (χ0) is 22.4. The van der Waals surface area contributed by atoms with Crippen LogP contribution in [0, 0.1) is 0 Å². The van der Waals surface area contributed by atoms with Crippen molar-refractivity contribution in [2.75, 3.05) is 13.2 Å². The number of thiocarbonyl (C=S) groups is 1. The Hall–Kier alpha value is -3.26. The molecule has 1 atom stereocenters. The van der Waals surface area contributed by atoms with Gasteiger partial charge in [-0.1, -0.05) is 60.7 Å². The van der Waals surface area contributed by atoms with Crippen LogP contribution in [0.25, 0.3) is 0 Å². The molecule has 1 heterocycles. The fourth-order valence-electron chi connectivity index (χ4n) is 3.66. The summed E-state index contributed by atoms with van der Waals surface area (Å²) >= 11 is 5.50. The predicted octanol–water partition coefficient (Wildman–Crippen LogP) is 2.53. The van der Waals surface area contributed by atoms with Gasteiger partial charge in [0.15, 0.2) is 10.7 Å². The number of hydrogen-bond donors (Lipinski definition) is 1. The van der Waals surface area contributed by atoms with E-state index in [1.807, 2.05) is 60.7 Å². The Labute approximate surface area is 186 Å². The average molecular weight is 441 g/mol. The van der Waals surface area contributed by atoms with Crippen molar-refractivity contribution in [1.29, 1.82) is 0 Å². The van der Waals surface area contributed by atoms with Gasteiger partial charge in [0, 0.05) is 0 Å². The lowest BCUT2D eigenvalue weighted by Gasteiger charge is -2.29. The van der Waals surface area contributed by atoms with Crippen molar-refractivity contribution in [2.24, 2.45) is 0 Å². The van der Waals surface area contributed by atoms with Gasteiger partial charge < -0.3 is 14.8 Å². The van der Waals surface area contributed by atoms with E-state index in [9.17, 15) is 14.4 Å². The van der Waals surface area contributed by atoms with E-state index in [2.05, 4.69) is 5.32 Å². The molecule has 1 amide bonds. The minimum atomic E-state index is -1.33. The van der Waals surface area contributed by atoms with Crippen molar-refractivity contribution in [3.05, 3.63) is 71.8 Å². The van der Waals surface area contributed by atoms with Gasteiger partial charge in [-0.15, -0.1) is 0 Å². The number of ether oxygens (including phenoxy) is 2. The minimum Gasteiger partial charge on any atom is -0.466 e. The number of amides is 1. The zero-order valence-corrected chi connectivity index (χ0v) is 18.2. The summed E-state index contributed by atoms with van der Waals surface area (Å²) in [6.45, 7) is 3.58. The smallest absolute Gasteiger partial charge is 0.329 e. The number of nitrogens with zero attached hydrogens (tertiary/aromatic N) is 1. The standard InChI is InChI=1S/C23H24N2O5S/c1-3-29-19(26)15-18(20(27)30-4-2)25-21(28)23(24-22(25)31,16-11-7-5-8-12-16)17-13-9-6-10-14-17/h5-14,18H,3-4,15H2,1-2H3,(H,24,31). The molecule has 0 aliphatic carbocycles. The van der Waals surface area contributed by atoms with Gasteiger partial charge in [0.05, 0.1) is 19.6 Å². The highest BCUT2D eigenvalue weighted by Gasteiger charge is 2.55. The van der Waals surface area contributed by atoms with Crippen molar-refractivity contribution >= 4 is 35.2 Å². The molecule has 1 N–H and O–H groups in total. The van der Waals surface area contributed by atoms with Gasteiger partial charge in [-0.2, -0.15) is 0 Å². The zero-order valence-electron chi connectivity index (χ0n) is 17.4. The number of nitrogens with one attached hydrogen (secondary N) is 1. The van der Waals surface area contributed by atoms with Crippen molar-refractivity contribution < 1.29 is 23.9 Å². The molecule has 0 spiro atoms. The number of carbonyl (C=O) groups excluding carboxylic acids is 3. The van der Waals surface area contributed by atoms with E-state index in [4.69, 9.17) is 21.7 Å². The molecule has 1 aliphatic rings. The van der Waals surface area contributed by atoms with Crippen LogP contribution in [0.1, 0.15) is 31.4 Å². The second kappa shape index (κ2) is 9.70. The first-order chi connectivity index (χ1) is 15.0. The van der Waals surface area contributed by atoms with Crippen molar-refractivity contribution in [3.8, 4) is 0 Å². The molecule has 162 valence electrons. The maximum absolute atomic E-state index is 13.9. The summed E-state index contributed by atoms with van der Waals surface area (Å²) in [6, 6.07) is 17.0. The SMILES string of the molecule is CCOC(=O)CC(C(=O)OCC)N1C(=O)C(c2ccccc2)(c2ccccc2)NC1=S. The van der Waals surface area contributed by atoms with Gasteiger partial charge in [0.2, 0.25) is 0 Å². The number of esters is 2. The van der Waals surface area contributed by atoms with Crippen molar-refractivity contribution in [3.63, 3.8) is 0 Å². The quantitative estimate of drug-likeness (QED) is 0.499. The normalized spacial score (nSPS) is 15.9. The van der Waals surface area contributed by atoms with Crippen LogP contribution in [-0.2, 0) is 29.4 Å². The number of rotatable bonds is 8. The summed E-state index contributed by atoms with van der Waals surface area (Å²) in [5.74, 6) is -1.80. The first kappa shape index (κ1) is 22.4. The van der Waals surface area contributed by atoms with E-state index in [1.54, 1.807) is 13.8 Å². The number of carbonyl (C=O) groups is 3. The van der Waals surface area contributed by atoms with Gasteiger partial charge in [-0.05, 0) is 37.2 Å². The molecular weight excluding hydrogens is 416 g/mol. The summed E-state index contributed by atoms with van der Waals surface area (Å²) in [5, 5.41) is 3.17. The molecule has 0 saturated carbocycles.